The predicted octanol–water partition coefficient (Wildman–Crippen LogP) is 10.5. The maximum absolute atomic E-state index is 13.8. The summed E-state index contributed by atoms with van der Waals surface area (Å²) in [4.78, 5) is 41.4. The van der Waals surface area contributed by atoms with E-state index in [1.807, 2.05) is 97.1 Å². The molecule has 0 spiro atoms. The van der Waals surface area contributed by atoms with Gasteiger partial charge in [-0.15, -0.1) is 11.8 Å². The van der Waals surface area contributed by atoms with Crippen LogP contribution >= 0.6 is 35.0 Å². The Kier molecular flexibility index (Phi) is 12.6. The lowest BCUT2D eigenvalue weighted by Gasteiger charge is -2.18. The highest BCUT2D eigenvalue weighted by Crippen LogP contribution is 2.38. The molecule has 0 aliphatic carbocycles. The molecule has 6 rings (SSSR count). The zero-order valence-corrected chi connectivity index (χ0v) is 30.5. The largest absolute Gasteiger partial charge is 0.489 e. The second-order valence-electron chi connectivity index (χ2n) is 11.7. The van der Waals surface area contributed by atoms with Crippen molar-refractivity contribution in [3.05, 3.63) is 196 Å². The van der Waals surface area contributed by atoms with Crippen LogP contribution < -0.4 is 20.7 Å². The van der Waals surface area contributed by atoms with E-state index >= 15 is 0 Å². The summed E-state index contributed by atoms with van der Waals surface area (Å²) in [6.45, 7) is 0.418. The van der Waals surface area contributed by atoms with Crippen molar-refractivity contribution < 1.29 is 19.1 Å². The number of hydrogen-bond acceptors (Lipinski definition) is 5. The Morgan fingerprint density at radius 2 is 1.38 bits per heavy atom. The van der Waals surface area contributed by atoms with Gasteiger partial charge in [0.2, 0.25) is 5.91 Å². The fraction of sp³-hybridized carbons (Fsp3) is 0.0465. The number of carbonyl (C=O) groups excluding carboxylic acids is 3. The van der Waals surface area contributed by atoms with E-state index in [0.29, 0.717) is 44.9 Å². The van der Waals surface area contributed by atoms with Gasteiger partial charge in [-0.3, -0.25) is 14.4 Å². The van der Waals surface area contributed by atoms with E-state index in [2.05, 4.69) is 16.0 Å². The Hall–Kier alpha value is -5.80. The monoisotopic (exact) mass is 757 g/mol. The number of ether oxygens (including phenoxy) is 1. The van der Waals surface area contributed by atoms with Crippen molar-refractivity contribution in [1.82, 2.24) is 5.32 Å². The normalized spacial score (nSPS) is 11.6. The molecular weight excluding hydrogens is 725 g/mol. The maximum atomic E-state index is 13.8. The van der Waals surface area contributed by atoms with Gasteiger partial charge in [-0.05, 0) is 83.4 Å². The maximum Gasteiger partial charge on any atom is 0.272 e. The van der Waals surface area contributed by atoms with Crippen molar-refractivity contribution in [2.24, 2.45) is 0 Å². The highest BCUT2D eigenvalue weighted by molar-refractivity contribution is 8.00. The van der Waals surface area contributed by atoms with E-state index in [9.17, 15) is 14.4 Å². The fourth-order valence-electron chi connectivity index (χ4n) is 5.18. The van der Waals surface area contributed by atoms with Gasteiger partial charge in [0.05, 0.1) is 10.7 Å². The third-order valence-electron chi connectivity index (χ3n) is 7.84. The van der Waals surface area contributed by atoms with Crippen molar-refractivity contribution in [1.29, 1.82) is 0 Å². The smallest absolute Gasteiger partial charge is 0.272 e. The van der Waals surface area contributed by atoms with Gasteiger partial charge >= 0.3 is 0 Å². The van der Waals surface area contributed by atoms with E-state index in [0.717, 1.165) is 16.0 Å². The molecule has 264 valence electrons. The van der Waals surface area contributed by atoms with Crippen LogP contribution in [0.25, 0.3) is 6.08 Å². The number of carbonyl (C=O) groups is 3. The topological polar surface area (TPSA) is 96.5 Å². The third-order valence-corrected chi connectivity index (χ3v) is 9.64. The summed E-state index contributed by atoms with van der Waals surface area (Å²) in [5.74, 6) is -0.587. The fourth-order valence-corrected chi connectivity index (χ4v) is 6.72. The third kappa shape index (κ3) is 10.6. The van der Waals surface area contributed by atoms with Gasteiger partial charge < -0.3 is 20.7 Å². The van der Waals surface area contributed by atoms with Gasteiger partial charge in [0.1, 0.15) is 23.3 Å². The SMILES string of the molecule is O=C(Nc1cccc(SC(C(=O)Nc2ccc(Cl)cc2Cl)c2ccccc2)c1)/C(=C/c1ccc(OCc2ccccc2)cc1)NC(=O)c1ccccc1. The first-order chi connectivity index (χ1) is 25.8. The molecule has 53 heavy (non-hydrogen) atoms. The van der Waals surface area contributed by atoms with Crippen LogP contribution in [0.5, 0.6) is 5.75 Å². The lowest BCUT2D eigenvalue weighted by atomic mass is 10.1. The average Bonchev–Trinajstić information content (AvgIpc) is 3.18. The first-order valence-corrected chi connectivity index (χ1v) is 18.2. The van der Waals surface area contributed by atoms with Crippen molar-refractivity contribution in [3.63, 3.8) is 0 Å². The summed E-state index contributed by atoms with van der Waals surface area (Å²) in [5, 5.41) is 8.73. The lowest BCUT2D eigenvalue weighted by molar-refractivity contribution is -0.116. The van der Waals surface area contributed by atoms with Crippen molar-refractivity contribution >= 4 is 70.1 Å². The molecule has 6 aromatic rings. The summed E-state index contributed by atoms with van der Waals surface area (Å²) < 4.78 is 5.91. The second-order valence-corrected chi connectivity index (χ2v) is 13.7. The zero-order valence-electron chi connectivity index (χ0n) is 28.2. The van der Waals surface area contributed by atoms with Gasteiger partial charge in [0.15, 0.2) is 0 Å². The molecule has 0 radical (unpaired) electrons. The predicted molar refractivity (Wildman–Crippen MR) is 214 cm³/mol. The molecular formula is C43H33Cl2N3O4S. The number of hydrogen-bond donors (Lipinski definition) is 3. The number of benzene rings is 6. The van der Waals surface area contributed by atoms with Gasteiger partial charge in [0.25, 0.3) is 11.8 Å². The second kappa shape index (κ2) is 18.1. The van der Waals surface area contributed by atoms with Crippen molar-refractivity contribution in [2.45, 2.75) is 16.8 Å². The summed E-state index contributed by atoms with van der Waals surface area (Å²) in [7, 11) is 0. The highest BCUT2D eigenvalue weighted by Gasteiger charge is 2.23. The molecule has 0 saturated carbocycles. The lowest BCUT2D eigenvalue weighted by Crippen LogP contribution is -2.30. The molecule has 3 N–H and O–H groups in total. The summed E-state index contributed by atoms with van der Waals surface area (Å²) in [6.07, 6.45) is 1.60. The molecule has 0 fully saturated rings. The summed E-state index contributed by atoms with van der Waals surface area (Å²) in [6, 6.07) is 47.1. The first kappa shape index (κ1) is 37.0. The molecule has 1 unspecified atom stereocenters. The highest BCUT2D eigenvalue weighted by atomic mass is 35.5. The molecule has 10 heteroatoms. The number of halogens is 2. The molecule has 3 amide bonds. The number of nitrogens with one attached hydrogen (secondary N) is 3. The minimum Gasteiger partial charge on any atom is -0.489 e. The van der Waals surface area contributed by atoms with Gasteiger partial charge in [-0.2, -0.15) is 0 Å². The molecule has 7 nitrogen and oxygen atoms in total. The molecule has 1 atom stereocenters. The first-order valence-electron chi connectivity index (χ1n) is 16.5. The van der Waals surface area contributed by atoms with Gasteiger partial charge in [0, 0.05) is 21.2 Å². The molecule has 0 aliphatic heterocycles. The van der Waals surface area contributed by atoms with Gasteiger partial charge in [-0.25, -0.2) is 0 Å². The van der Waals surface area contributed by atoms with Crippen LogP contribution in [-0.4, -0.2) is 17.7 Å². The zero-order chi connectivity index (χ0) is 37.0. The van der Waals surface area contributed by atoms with Crippen LogP contribution in [0.1, 0.15) is 32.3 Å². The Morgan fingerprint density at radius 3 is 2.08 bits per heavy atom. The Bertz CT molecular complexity index is 2220. The van der Waals surface area contributed by atoms with Crippen LogP contribution in [0.2, 0.25) is 10.0 Å². The number of thioether (sulfide) groups is 1. The van der Waals surface area contributed by atoms with E-state index < -0.39 is 17.1 Å². The van der Waals surface area contributed by atoms with E-state index in [1.54, 1.807) is 66.7 Å². The van der Waals surface area contributed by atoms with E-state index in [4.69, 9.17) is 27.9 Å². The van der Waals surface area contributed by atoms with E-state index in [1.165, 1.54) is 11.8 Å². The Labute approximate surface area is 322 Å². The summed E-state index contributed by atoms with van der Waals surface area (Å²) >= 11 is 13.7. The quantitative estimate of drug-likeness (QED) is 0.0805. The van der Waals surface area contributed by atoms with E-state index in [-0.39, 0.29) is 11.6 Å². The Balaban J connectivity index is 1.21. The summed E-state index contributed by atoms with van der Waals surface area (Å²) in [5.41, 5.74) is 3.85. The standard InChI is InChI=1S/C43H33Cl2N3O4S/c44-33-21-24-38(37(45)26-33)47-43(51)40(31-13-6-2-7-14-31)53-36-18-10-17-34(27-36)46-42(50)39(48-41(49)32-15-8-3-9-16-32)25-29-19-22-35(23-20-29)52-28-30-11-4-1-5-12-30/h1-27,40H,28H2,(H,46,50)(H,47,51)(H,48,49)/b39-25-. The molecule has 0 bridgehead atoms. The Morgan fingerprint density at radius 1 is 0.698 bits per heavy atom. The molecule has 0 saturated heterocycles. The number of amides is 3. The molecule has 0 heterocycles. The average molecular weight is 759 g/mol. The number of anilines is 2. The molecule has 6 aromatic carbocycles. The minimum atomic E-state index is -0.658. The van der Waals surface area contributed by atoms with Crippen LogP contribution in [-0.2, 0) is 16.2 Å². The van der Waals surface area contributed by atoms with Crippen LogP contribution in [0, 0.1) is 0 Å². The van der Waals surface area contributed by atoms with Crippen LogP contribution in [0.15, 0.2) is 168 Å². The molecule has 0 aliphatic rings. The van der Waals surface area contributed by atoms with Crippen molar-refractivity contribution in [2.75, 3.05) is 10.6 Å². The molecule has 0 aromatic heterocycles. The van der Waals surface area contributed by atoms with Crippen LogP contribution in [0.4, 0.5) is 11.4 Å². The van der Waals surface area contributed by atoms with Gasteiger partial charge in [-0.1, -0.05) is 120 Å². The minimum absolute atomic E-state index is 0.0382. The van der Waals surface area contributed by atoms with Crippen LogP contribution in [0.3, 0.4) is 0 Å². The number of rotatable bonds is 13. The van der Waals surface area contributed by atoms with Crippen molar-refractivity contribution in [3.8, 4) is 5.75 Å².